The van der Waals surface area contributed by atoms with E-state index in [9.17, 15) is 0 Å². The maximum atomic E-state index is 4.23. The number of imidazole rings is 1. The first-order valence-electron chi connectivity index (χ1n) is 4.44. The lowest BCUT2D eigenvalue weighted by Gasteiger charge is -1.91. The second-order valence-corrected chi connectivity index (χ2v) is 3.05. The average molecular weight is 185 g/mol. The van der Waals surface area contributed by atoms with Crippen LogP contribution in [0.15, 0.2) is 48.0 Å². The Morgan fingerprint density at radius 1 is 1.29 bits per heavy atom. The number of rotatable bonds is 2. The topological polar surface area (TPSA) is 30.2 Å². The van der Waals surface area contributed by atoms with Crippen LogP contribution in [0.3, 0.4) is 0 Å². The average Bonchev–Trinajstić information content (AvgIpc) is 2.63. The quantitative estimate of drug-likeness (QED) is 0.659. The van der Waals surface area contributed by atoms with Crippen LogP contribution in [-0.4, -0.2) is 15.9 Å². The second kappa shape index (κ2) is 3.87. The third kappa shape index (κ3) is 2.07. The molecule has 0 unspecified atom stereocenters. The molecule has 2 rings (SSSR count). The zero-order valence-corrected chi connectivity index (χ0v) is 7.96. The molecule has 0 aliphatic carbocycles. The van der Waals surface area contributed by atoms with Gasteiger partial charge in [-0.3, -0.25) is 0 Å². The predicted octanol–water partition coefficient (Wildman–Crippen LogP) is 2.07. The van der Waals surface area contributed by atoms with Gasteiger partial charge < -0.3 is 0 Å². The van der Waals surface area contributed by atoms with Gasteiger partial charge in [-0.2, -0.15) is 5.10 Å². The number of benzene rings is 1. The van der Waals surface area contributed by atoms with Gasteiger partial charge in [0.1, 0.15) is 6.33 Å². The molecule has 1 aromatic carbocycles. The number of aryl methyl sites for hydroxylation is 1. The molecular weight excluding hydrogens is 174 g/mol. The normalized spacial score (nSPS) is 10.9. The van der Waals surface area contributed by atoms with Crippen LogP contribution < -0.4 is 0 Å². The van der Waals surface area contributed by atoms with Crippen molar-refractivity contribution >= 4 is 6.21 Å². The third-order valence-electron chi connectivity index (χ3n) is 1.84. The van der Waals surface area contributed by atoms with Crippen LogP contribution in [0, 0.1) is 6.92 Å². The monoisotopic (exact) mass is 185 g/mol. The molecule has 3 nitrogen and oxygen atoms in total. The Bertz CT molecular complexity index is 429. The van der Waals surface area contributed by atoms with Crippen molar-refractivity contribution in [3.05, 3.63) is 54.1 Å². The Hall–Kier alpha value is -1.90. The molecule has 0 amide bonds. The molecule has 3 heteroatoms. The molecule has 1 heterocycles. The molecule has 0 spiro atoms. The molecular formula is C11H11N3. The van der Waals surface area contributed by atoms with E-state index in [2.05, 4.69) is 10.1 Å². The molecule has 0 N–H and O–H groups in total. The lowest BCUT2D eigenvalue weighted by Crippen LogP contribution is -1.86. The zero-order valence-electron chi connectivity index (χ0n) is 7.96. The first kappa shape index (κ1) is 8.69. The van der Waals surface area contributed by atoms with Gasteiger partial charge in [0.25, 0.3) is 0 Å². The number of aromatic nitrogens is 2. The van der Waals surface area contributed by atoms with Gasteiger partial charge in [-0.05, 0) is 12.5 Å². The Balaban J connectivity index is 2.15. The van der Waals surface area contributed by atoms with Crippen LogP contribution in [0.4, 0.5) is 0 Å². The molecule has 0 saturated carbocycles. The van der Waals surface area contributed by atoms with E-state index in [1.165, 1.54) is 0 Å². The van der Waals surface area contributed by atoms with Crippen LogP contribution in [-0.2, 0) is 0 Å². The summed E-state index contributed by atoms with van der Waals surface area (Å²) in [6, 6.07) is 9.97. The summed E-state index contributed by atoms with van der Waals surface area (Å²) < 4.78 is 1.70. The van der Waals surface area contributed by atoms with Crippen LogP contribution >= 0.6 is 0 Å². The third-order valence-corrected chi connectivity index (χ3v) is 1.84. The van der Waals surface area contributed by atoms with E-state index < -0.39 is 0 Å². The van der Waals surface area contributed by atoms with E-state index in [1.807, 2.05) is 43.5 Å². The molecule has 1 aromatic heterocycles. The molecule has 14 heavy (non-hydrogen) atoms. The number of hydrogen-bond acceptors (Lipinski definition) is 2. The van der Waals surface area contributed by atoms with Crippen molar-refractivity contribution in [3.8, 4) is 0 Å². The Morgan fingerprint density at radius 2 is 2.07 bits per heavy atom. The smallest absolute Gasteiger partial charge is 0.117 e. The molecule has 70 valence electrons. The largest absolute Gasteiger partial charge is 0.240 e. The maximum Gasteiger partial charge on any atom is 0.117 e. The van der Waals surface area contributed by atoms with E-state index in [1.54, 1.807) is 17.2 Å². The summed E-state index contributed by atoms with van der Waals surface area (Å²) in [5.74, 6) is 0. The SMILES string of the molecule is Cc1cn(/N=C/c2ccccc2)cn1. The standard InChI is InChI=1S/C11H11N3/c1-10-8-14(9-12-10)13-7-11-5-3-2-4-6-11/h2-9H,1H3/b13-7+. The predicted molar refractivity (Wildman–Crippen MR) is 56.4 cm³/mol. The van der Waals surface area contributed by atoms with E-state index in [4.69, 9.17) is 0 Å². The van der Waals surface area contributed by atoms with E-state index >= 15 is 0 Å². The van der Waals surface area contributed by atoms with Crippen molar-refractivity contribution in [2.75, 3.05) is 0 Å². The molecule has 0 saturated heterocycles. The molecule has 0 bridgehead atoms. The van der Waals surface area contributed by atoms with Gasteiger partial charge >= 0.3 is 0 Å². The summed E-state index contributed by atoms with van der Waals surface area (Å²) in [4.78, 5) is 4.08. The van der Waals surface area contributed by atoms with Crippen molar-refractivity contribution in [1.82, 2.24) is 9.66 Å². The summed E-state index contributed by atoms with van der Waals surface area (Å²) in [5, 5.41) is 4.23. The Kier molecular flexibility index (Phi) is 2.40. The van der Waals surface area contributed by atoms with Gasteiger partial charge in [-0.15, -0.1) is 0 Å². The highest BCUT2D eigenvalue weighted by Crippen LogP contribution is 1.96. The summed E-state index contributed by atoms with van der Waals surface area (Å²) in [7, 11) is 0. The molecule has 0 fully saturated rings. The highest BCUT2D eigenvalue weighted by Gasteiger charge is 1.88. The van der Waals surface area contributed by atoms with Crippen LogP contribution in [0.5, 0.6) is 0 Å². The highest BCUT2D eigenvalue weighted by atomic mass is 15.3. The van der Waals surface area contributed by atoms with Gasteiger partial charge in [0, 0.05) is 0 Å². The first-order valence-corrected chi connectivity index (χ1v) is 4.44. The molecule has 0 aliphatic heterocycles. The fraction of sp³-hybridized carbons (Fsp3) is 0.0909. The van der Waals surface area contributed by atoms with Crippen molar-refractivity contribution in [2.45, 2.75) is 6.92 Å². The molecule has 0 radical (unpaired) electrons. The van der Waals surface area contributed by atoms with Gasteiger partial charge in [-0.25, -0.2) is 9.66 Å². The molecule has 0 aliphatic rings. The Labute approximate surface area is 82.7 Å². The van der Waals surface area contributed by atoms with Crippen molar-refractivity contribution in [1.29, 1.82) is 0 Å². The minimum absolute atomic E-state index is 0.968. The highest BCUT2D eigenvalue weighted by molar-refractivity contribution is 5.79. The van der Waals surface area contributed by atoms with Gasteiger partial charge in [0.2, 0.25) is 0 Å². The van der Waals surface area contributed by atoms with Crippen molar-refractivity contribution in [2.24, 2.45) is 5.10 Å². The minimum Gasteiger partial charge on any atom is -0.240 e. The maximum absolute atomic E-state index is 4.23. The summed E-state index contributed by atoms with van der Waals surface area (Å²) in [5.41, 5.74) is 2.05. The van der Waals surface area contributed by atoms with E-state index in [0.29, 0.717) is 0 Å². The van der Waals surface area contributed by atoms with Gasteiger partial charge in [-0.1, -0.05) is 30.3 Å². The van der Waals surface area contributed by atoms with Crippen LogP contribution in [0.25, 0.3) is 0 Å². The molecule has 0 atom stereocenters. The van der Waals surface area contributed by atoms with E-state index in [0.717, 1.165) is 11.3 Å². The summed E-state index contributed by atoms with van der Waals surface area (Å²) in [6.07, 6.45) is 5.37. The fourth-order valence-electron chi connectivity index (χ4n) is 1.14. The second-order valence-electron chi connectivity index (χ2n) is 3.05. The van der Waals surface area contributed by atoms with Crippen LogP contribution in [0.1, 0.15) is 11.3 Å². The molecule has 2 aromatic rings. The van der Waals surface area contributed by atoms with Gasteiger partial charge in [0.15, 0.2) is 0 Å². The zero-order chi connectivity index (χ0) is 9.80. The number of hydrogen-bond donors (Lipinski definition) is 0. The summed E-state index contributed by atoms with van der Waals surface area (Å²) in [6.45, 7) is 1.94. The van der Waals surface area contributed by atoms with E-state index in [-0.39, 0.29) is 0 Å². The Morgan fingerprint density at radius 3 is 2.71 bits per heavy atom. The lowest BCUT2D eigenvalue weighted by atomic mass is 10.2. The van der Waals surface area contributed by atoms with Crippen LogP contribution in [0.2, 0.25) is 0 Å². The minimum atomic E-state index is 0.968. The van der Waals surface area contributed by atoms with Crippen molar-refractivity contribution < 1.29 is 0 Å². The summed E-state index contributed by atoms with van der Waals surface area (Å²) >= 11 is 0. The lowest BCUT2D eigenvalue weighted by molar-refractivity contribution is 0.881. The van der Waals surface area contributed by atoms with Crippen molar-refractivity contribution in [3.63, 3.8) is 0 Å². The first-order chi connectivity index (χ1) is 6.84. The number of nitrogens with zero attached hydrogens (tertiary/aromatic N) is 3. The van der Waals surface area contributed by atoms with Gasteiger partial charge in [0.05, 0.1) is 18.1 Å². The fourth-order valence-corrected chi connectivity index (χ4v) is 1.14.